The number of carboxylic acid groups (broad SMARTS) is 1. The monoisotopic (exact) mass is 275 g/mol. The number of carbonyl (C=O) groups excluding carboxylic acids is 1. The first-order valence-corrected chi connectivity index (χ1v) is 6.44. The first kappa shape index (κ1) is 14.1. The van der Waals surface area contributed by atoms with Gasteiger partial charge in [-0.15, -0.1) is 0 Å². The molecule has 1 aromatic carbocycles. The molecule has 5 nitrogen and oxygen atoms in total. The third kappa shape index (κ3) is 2.66. The lowest BCUT2D eigenvalue weighted by molar-refractivity contribution is -0.146. The van der Waals surface area contributed by atoms with Gasteiger partial charge in [0.1, 0.15) is 17.9 Å². The highest BCUT2D eigenvalue weighted by molar-refractivity contribution is 6.01. The Morgan fingerprint density at radius 2 is 2.10 bits per heavy atom. The van der Waals surface area contributed by atoms with Crippen molar-refractivity contribution < 1.29 is 19.4 Å². The average Bonchev–Trinajstić information content (AvgIpc) is 2.46. The zero-order valence-corrected chi connectivity index (χ0v) is 11.5. The van der Waals surface area contributed by atoms with Crippen molar-refractivity contribution in [2.45, 2.75) is 25.8 Å². The molecule has 1 unspecified atom stereocenters. The molecule has 1 atom stereocenters. The van der Waals surface area contributed by atoms with E-state index < -0.39 is 17.4 Å². The third-order valence-electron chi connectivity index (χ3n) is 3.49. The molecule has 1 heterocycles. The summed E-state index contributed by atoms with van der Waals surface area (Å²) in [6.45, 7) is 3.35. The number of aliphatic carboxylic acids is 1. The number of ether oxygens (including phenoxy) is 1. The Hall–Kier alpha value is -2.30. The Bertz CT molecular complexity index is 579. The summed E-state index contributed by atoms with van der Waals surface area (Å²) < 4.78 is 5.49. The molecule has 0 fully saturated rings. The highest BCUT2D eigenvalue weighted by atomic mass is 16.5. The molecule has 1 amide bonds. The summed E-state index contributed by atoms with van der Waals surface area (Å²) in [6.07, 6.45) is 2.03. The lowest BCUT2D eigenvalue weighted by Crippen LogP contribution is -2.52. The quantitative estimate of drug-likeness (QED) is 0.879. The fourth-order valence-corrected chi connectivity index (χ4v) is 1.87. The Labute approximate surface area is 117 Å². The molecule has 0 saturated carbocycles. The lowest BCUT2D eigenvalue weighted by Gasteiger charge is -2.26. The second kappa shape index (κ2) is 5.36. The minimum absolute atomic E-state index is 0.141. The van der Waals surface area contributed by atoms with Crippen LogP contribution in [0.15, 0.2) is 29.8 Å². The predicted octanol–water partition coefficient (Wildman–Crippen LogP) is 1.83. The first-order chi connectivity index (χ1) is 9.46. The second-order valence-corrected chi connectivity index (χ2v) is 4.94. The molecule has 2 N–H and O–H groups in total. The van der Waals surface area contributed by atoms with Crippen LogP contribution in [0, 0.1) is 0 Å². The molecule has 0 saturated heterocycles. The number of nitrogens with one attached hydrogen (secondary N) is 1. The van der Waals surface area contributed by atoms with E-state index >= 15 is 0 Å². The molecule has 0 radical (unpaired) electrons. The highest BCUT2D eigenvalue weighted by Crippen LogP contribution is 2.26. The maximum atomic E-state index is 12.2. The normalized spacial score (nSPS) is 16.2. The largest absolute Gasteiger partial charge is 0.488 e. The molecule has 106 valence electrons. The molecule has 5 heteroatoms. The summed E-state index contributed by atoms with van der Waals surface area (Å²) in [5.41, 5.74) is -0.0309. The Kier molecular flexibility index (Phi) is 3.79. The zero-order valence-electron chi connectivity index (χ0n) is 11.5. The Morgan fingerprint density at radius 1 is 1.40 bits per heavy atom. The first-order valence-electron chi connectivity index (χ1n) is 6.44. The third-order valence-corrected chi connectivity index (χ3v) is 3.49. The van der Waals surface area contributed by atoms with E-state index in [0.717, 1.165) is 11.3 Å². The average molecular weight is 275 g/mol. The van der Waals surface area contributed by atoms with E-state index in [1.165, 1.54) is 6.92 Å². The van der Waals surface area contributed by atoms with Gasteiger partial charge in [-0.05, 0) is 25.5 Å². The molecule has 0 aromatic heterocycles. The van der Waals surface area contributed by atoms with Crippen LogP contribution in [0.5, 0.6) is 5.75 Å². The van der Waals surface area contributed by atoms with Crippen LogP contribution >= 0.6 is 0 Å². The van der Waals surface area contributed by atoms with Crippen molar-refractivity contribution in [3.63, 3.8) is 0 Å². The van der Waals surface area contributed by atoms with Crippen LogP contribution < -0.4 is 10.1 Å². The summed E-state index contributed by atoms with van der Waals surface area (Å²) in [7, 11) is 0. The summed E-state index contributed by atoms with van der Waals surface area (Å²) >= 11 is 0. The maximum Gasteiger partial charge on any atom is 0.329 e. The van der Waals surface area contributed by atoms with Crippen molar-refractivity contribution in [1.82, 2.24) is 5.32 Å². The molecule has 0 bridgehead atoms. The van der Waals surface area contributed by atoms with Gasteiger partial charge in [0.25, 0.3) is 5.91 Å². The number of hydrogen-bond acceptors (Lipinski definition) is 3. The summed E-state index contributed by atoms with van der Waals surface area (Å²) in [5, 5.41) is 11.7. The molecule has 20 heavy (non-hydrogen) atoms. The number of rotatable bonds is 4. The van der Waals surface area contributed by atoms with Gasteiger partial charge in [-0.1, -0.05) is 25.1 Å². The Balaban J connectivity index is 2.19. The van der Waals surface area contributed by atoms with E-state index in [2.05, 4.69) is 5.32 Å². The van der Waals surface area contributed by atoms with Gasteiger partial charge in [-0.25, -0.2) is 4.79 Å². The number of fused-ring (bicyclic) bond motifs is 1. The van der Waals surface area contributed by atoms with Crippen LogP contribution in [-0.4, -0.2) is 29.1 Å². The summed E-state index contributed by atoms with van der Waals surface area (Å²) in [5.74, 6) is -0.738. The van der Waals surface area contributed by atoms with Crippen molar-refractivity contribution in [2.75, 3.05) is 6.61 Å². The van der Waals surface area contributed by atoms with Gasteiger partial charge in [-0.2, -0.15) is 0 Å². The van der Waals surface area contributed by atoms with Crippen LogP contribution in [0.3, 0.4) is 0 Å². The number of carbonyl (C=O) groups is 2. The fourth-order valence-electron chi connectivity index (χ4n) is 1.87. The van der Waals surface area contributed by atoms with Crippen LogP contribution in [0.2, 0.25) is 0 Å². The zero-order chi connectivity index (χ0) is 14.8. The molecular weight excluding hydrogens is 258 g/mol. The van der Waals surface area contributed by atoms with E-state index in [1.807, 2.05) is 24.3 Å². The van der Waals surface area contributed by atoms with Gasteiger partial charge in [0, 0.05) is 5.56 Å². The van der Waals surface area contributed by atoms with Gasteiger partial charge in [0.15, 0.2) is 0 Å². The van der Waals surface area contributed by atoms with Crippen molar-refractivity contribution in [1.29, 1.82) is 0 Å². The number of hydrogen-bond donors (Lipinski definition) is 2. The molecule has 0 spiro atoms. The van der Waals surface area contributed by atoms with Gasteiger partial charge < -0.3 is 15.2 Å². The maximum absolute atomic E-state index is 12.2. The minimum atomic E-state index is -1.27. The van der Waals surface area contributed by atoms with E-state index in [4.69, 9.17) is 4.74 Å². The minimum Gasteiger partial charge on any atom is -0.488 e. The topological polar surface area (TPSA) is 75.6 Å². The van der Waals surface area contributed by atoms with Crippen LogP contribution in [-0.2, 0) is 9.59 Å². The number of para-hydroxylation sites is 1. The van der Waals surface area contributed by atoms with Gasteiger partial charge in [0.2, 0.25) is 0 Å². The van der Waals surface area contributed by atoms with Crippen molar-refractivity contribution in [3.05, 3.63) is 35.4 Å². The van der Waals surface area contributed by atoms with Crippen molar-refractivity contribution in [2.24, 2.45) is 0 Å². The smallest absolute Gasteiger partial charge is 0.329 e. The van der Waals surface area contributed by atoms with E-state index in [-0.39, 0.29) is 6.61 Å². The Morgan fingerprint density at radius 3 is 2.75 bits per heavy atom. The number of benzene rings is 1. The van der Waals surface area contributed by atoms with Crippen LogP contribution in [0.1, 0.15) is 25.8 Å². The van der Waals surface area contributed by atoms with Gasteiger partial charge in [0.05, 0.1) is 5.57 Å². The SMILES string of the molecule is CCC(C)(NC(=O)C1=Cc2ccccc2OC1)C(=O)O. The number of amides is 1. The van der Waals surface area contributed by atoms with E-state index in [1.54, 1.807) is 13.0 Å². The fraction of sp³-hybridized carbons (Fsp3) is 0.333. The van der Waals surface area contributed by atoms with Gasteiger partial charge in [-0.3, -0.25) is 4.79 Å². The molecule has 2 rings (SSSR count). The molecule has 1 aromatic rings. The molecule has 1 aliphatic heterocycles. The second-order valence-electron chi connectivity index (χ2n) is 4.94. The van der Waals surface area contributed by atoms with Crippen LogP contribution in [0.4, 0.5) is 0 Å². The van der Waals surface area contributed by atoms with Crippen LogP contribution in [0.25, 0.3) is 6.08 Å². The van der Waals surface area contributed by atoms with Gasteiger partial charge >= 0.3 is 5.97 Å². The molecule has 1 aliphatic rings. The van der Waals surface area contributed by atoms with Crippen molar-refractivity contribution >= 4 is 18.0 Å². The molecule has 0 aliphatic carbocycles. The summed E-state index contributed by atoms with van der Waals surface area (Å²) in [4.78, 5) is 23.4. The highest BCUT2D eigenvalue weighted by Gasteiger charge is 2.34. The molecular formula is C15H17NO4. The predicted molar refractivity (Wildman–Crippen MR) is 74.4 cm³/mol. The van der Waals surface area contributed by atoms with E-state index in [9.17, 15) is 14.7 Å². The van der Waals surface area contributed by atoms with E-state index in [0.29, 0.717) is 12.0 Å². The standard InChI is InChI=1S/C15H17NO4/c1-3-15(2,14(18)19)16-13(17)11-8-10-6-4-5-7-12(10)20-9-11/h4-8H,3,9H2,1-2H3,(H,16,17)(H,18,19). The lowest BCUT2D eigenvalue weighted by atomic mass is 9.98. The van der Waals surface area contributed by atoms with Crippen molar-refractivity contribution in [3.8, 4) is 5.75 Å². The number of carboxylic acids is 1. The summed E-state index contributed by atoms with van der Waals surface area (Å²) in [6, 6.07) is 7.38.